The minimum Gasteiger partial charge on any atom is -0.477 e. The zero-order chi connectivity index (χ0) is 26.5. The molecule has 16 nitrogen and oxygen atoms in total. The lowest BCUT2D eigenvalue weighted by atomic mass is 10.0. The molecule has 37 heavy (non-hydrogen) atoms. The number of fused-ring (bicyclic) bond motifs is 1. The highest BCUT2D eigenvalue weighted by Gasteiger charge is 2.54. The first-order chi connectivity index (χ1) is 17.8. The second-order valence-corrected chi connectivity index (χ2v) is 10.3. The number of anilines is 1. The van der Waals surface area contributed by atoms with Crippen LogP contribution in [0.25, 0.3) is 0 Å². The molecule has 19 heteroatoms. The number of β-lactam (4-membered cyclic amide) rings is 1. The fraction of sp³-hybridized carbons (Fsp3) is 0.500. The number of oxime groups is 1. The van der Waals surface area contributed by atoms with Crippen LogP contribution in [0.4, 0.5) is 5.13 Å². The summed E-state index contributed by atoms with van der Waals surface area (Å²) in [6.07, 6.45) is 0.716. The van der Waals surface area contributed by atoms with Gasteiger partial charge in [0.25, 0.3) is 11.8 Å². The lowest BCUT2D eigenvalue weighted by Gasteiger charge is -2.49. The first-order valence-electron chi connectivity index (χ1n) is 10.6. The number of ether oxygens (including phenoxy) is 1. The van der Waals surface area contributed by atoms with Gasteiger partial charge in [-0.3, -0.25) is 14.5 Å². The van der Waals surface area contributed by atoms with E-state index >= 15 is 0 Å². The number of carbonyl (C=O) groups is 3. The molecule has 1 saturated heterocycles. The molecule has 0 bridgehead atoms. The Kier molecular flexibility index (Phi) is 8.56. The molecular weight excluding hydrogens is 548 g/mol. The molecule has 0 aromatic carbocycles. The highest BCUT2D eigenvalue weighted by molar-refractivity contribution is 8.01. The van der Waals surface area contributed by atoms with Crippen LogP contribution >= 0.6 is 35.1 Å². The standard InChI is InChI=1S/C18H22N10O6S3/c1-33-5-3-4-27-18(22-25-26-27)36-7-8-6-35-15-10(14(30)28(15)11(8)16(31)32)20-13(29)9(23-34-2)12-21-17(19)37-24-12/h10,15H,3-7H2,1-2H3,(H,20,29)(H,31,32)(H2,19,21,24)/t10?,15-/m0/s1. The number of nitrogens with zero attached hydrogens (tertiary/aromatic N) is 8. The van der Waals surface area contributed by atoms with Crippen molar-refractivity contribution < 1.29 is 29.1 Å². The largest absolute Gasteiger partial charge is 0.477 e. The van der Waals surface area contributed by atoms with Crippen molar-refractivity contribution in [2.24, 2.45) is 5.16 Å². The first-order valence-corrected chi connectivity index (χ1v) is 13.5. The maximum atomic E-state index is 13.0. The van der Waals surface area contributed by atoms with Gasteiger partial charge in [0, 0.05) is 43.3 Å². The monoisotopic (exact) mass is 570 g/mol. The second kappa shape index (κ2) is 11.8. The van der Waals surface area contributed by atoms with Crippen molar-refractivity contribution in [3.05, 3.63) is 17.1 Å². The summed E-state index contributed by atoms with van der Waals surface area (Å²) in [4.78, 5) is 47.7. The number of carbonyl (C=O) groups excluding carboxylic acids is 2. The Hall–Kier alpha value is -3.29. The van der Waals surface area contributed by atoms with Crippen molar-refractivity contribution in [3.8, 4) is 0 Å². The van der Waals surface area contributed by atoms with Crippen LogP contribution in [0.3, 0.4) is 0 Å². The molecule has 1 unspecified atom stereocenters. The van der Waals surface area contributed by atoms with Crippen LogP contribution in [-0.4, -0.2) is 107 Å². The van der Waals surface area contributed by atoms with Crippen molar-refractivity contribution in [3.63, 3.8) is 0 Å². The molecule has 2 aromatic heterocycles. The molecule has 2 aliphatic heterocycles. The van der Waals surface area contributed by atoms with Gasteiger partial charge in [0.2, 0.25) is 16.7 Å². The number of thioether (sulfide) groups is 2. The highest BCUT2D eigenvalue weighted by Crippen LogP contribution is 2.41. The van der Waals surface area contributed by atoms with E-state index in [1.165, 1.54) is 35.5 Å². The predicted molar refractivity (Wildman–Crippen MR) is 133 cm³/mol. The Morgan fingerprint density at radius 1 is 1.38 bits per heavy atom. The summed E-state index contributed by atoms with van der Waals surface area (Å²) < 4.78 is 10.6. The molecule has 2 amide bonds. The molecular formula is C18H22N10O6S3. The average Bonchev–Trinajstić information content (AvgIpc) is 3.52. The van der Waals surface area contributed by atoms with Crippen molar-refractivity contribution in [1.82, 2.24) is 39.8 Å². The molecule has 1 fully saturated rings. The van der Waals surface area contributed by atoms with Crippen LogP contribution in [-0.2, 0) is 30.5 Å². The summed E-state index contributed by atoms with van der Waals surface area (Å²) in [7, 11) is 2.86. The van der Waals surface area contributed by atoms with Gasteiger partial charge in [0.1, 0.15) is 24.2 Å². The SMILES string of the molecule is COCCCn1nnnc1SCC1=C(C(=O)O)N2C(=O)C(NC(=O)C(=NOC)c3nsc(N)n3)[C@@H]2SC1. The molecule has 0 aliphatic carbocycles. The van der Waals surface area contributed by atoms with Crippen LogP contribution in [0.1, 0.15) is 12.2 Å². The molecule has 2 aromatic rings. The van der Waals surface area contributed by atoms with Crippen molar-refractivity contribution in [1.29, 1.82) is 0 Å². The third kappa shape index (κ3) is 5.68. The third-order valence-electron chi connectivity index (χ3n) is 5.18. The van der Waals surface area contributed by atoms with E-state index < -0.39 is 29.2 Å². The molecule has 2 aliphatic rings. The van der Waals surface area contributed by atoms with Crippen molar-refractivity contribution in [2.45, 2.75) is 29.5 Å². The quantitative estimate of drug-likeness (QED) is 0.0920. The van der Waals surface area contributed by atoms with Crippen LogP contribution < -0.4 is 11.1 Å². The van der Waals surface area contributed by atoms with Gasteiger partial charge in [-0.05, 0) is 22.4 Å². The normalized spacial score (nSPS) is 19.5. The van der Waals surface area contributed by atoms with Gasteiger partial charge in [0.05, 0.1) is 0 Å². The lowest BCUT2D eigenvalue weighted by Crippen LogP contribution is -2.71. The highest BCUT2D eigenvalue weighted by atomic mass is 32.2. The summed E-state index contributed by atoms with van der Waals surface area (Å²) in [5.41, 5.74) is 5.77. The zero-order valence-electron chi connectivity index (χ0n) is 19.6. The number of hydrogen-bond donors (Lipinski definition) is 3. The fourth-order valence-corrected chi connectivity index (χ4v) is 6.38. The molecule has 2 atom stereocenters. The number of aromatic nitrogens is 6. The van der Waals surface area contributed by atoms with Crippen LogP contribution in [0.5, 0.6) is 0 Å². The number of nitrogens with one attached hydrogen (secondary N) is 1. The molecule has 0 radical (unpaired) electrons. The zero-order valence-corrected chi connectivity index (χ0v) is 22.0. The minimum atomic E-state index is -1.23. The van der Waals surface area contributed by atoms with E-state index in [9.17, 15) is 19.5 Å². The van der Waals surface area contributed by atoms with Gasteiger partial charge in [0.15, 0.2) is 5.13 Å². The van der Waals surface area contributed by atoms with Crippen molar-refractivity contribution in [2.75, 3.05) is 38.1 Å². The smallest absolute Gasteiger partial charge is 0.352 e. The minimum absolute atomic E-state index is 0.0447. The number of nitrogen functional groups attached to an aromatic ring is 1. The Morgan fingerprint density at radius 2 is 2.19 bits per heavy atom. The van der Waals surface area contributed by atoms with Gasteiger partial charge in [-0.25, -0.2) is 9.48 Å². The van der Waals surface area contributed by atoms with Crippen molar-refractivity contribution >= 4 is 63.7 Å². The van der Waals surface area contributed by atoms with Gasteiger partial charge < -0.3 is 25.7 Å². The number of amides is 2. The maximum absolute atomic E-state index is 13.0. The molecule has 0 spiro atoms. The van der Waals surface area contributed by atoms with E-state index in [1.807, 2.05) is 0 Å². The fourth-order valence-electron chi connectivity index (χ4n) is 3.56. The number of carboxylic acids is 1. The van der Waals surface area contributed by atoms with E-state index in [2.05, 4.69) is 35.4 Å². The Balaban J connectivity index is 1.45. The summed E-state index contributed by atoms with van der Waals surface area (Å²) in [5.74, 6) is -1.98. The van der Waals surface area contributed by atoms with Crippen LogP contribution in [0.2, 0.25) is 0 Å². The van der Waals surface area contributed by atoms with E-state index in [1.54, 1.807) is 11.8 Å². The molecule has 4 N–H and O–H groups in total. The predicted octanol–water partition coefficient (Wildman–Crippen LogP) is -0.975. The number of aliphatic carboxylic acids is 1. The Morgan fingerprint density at radius 3 is 2.86 bits per heavy atom. The number of nitrogens with two attached hydrogens (primary N) is 1. The number of rotatable bonds is 12. The van der Waals surface area contributed by atoms with E-state index in [0.29, 0.717) is 36.1 Å². The second-order valence-electron chi connectivity index (χ2n) is 7.52. The molecule has 4 heterocycles. The number of hydrogen-bond acceptors (Lipinski definition) is 15. The topological polar surface area (TPSA) is 213 Å². The summed E-state index contributed by atoms with van der Waals surface area (Å²) in [6, 6.07) is -0.966. The van der Waals surface area contributed by atoms with Gasteiger partial charge in [-0.15, -0.1) is 16.9 Å². The number of carboxylic acid groups (broad SMARTS) is 1. The summed E-state index contributed by atoms with van der Waals surface area (Å²) >= 11 is 3.49. The Labute approximate surface area is 222 Å². The number of aryl methyl sites for hydroxylation is 1. The maximum Gasteiger partial charge on any atom is 0.352 e. The van der Waals surface area contributed by atoms with Gasteiger partial charge in [-0.2, -0.15) is 9.36 Å². The number of methoxy groups -OCH3 is 1. The van der Waals surface area contributed by atoms with Gasteiger partial charge in [-0.1, -0.05) is 16.9 Å². The van der Waals surface area contributed by atoms with E-state index in [4.69, 9.17) is 15.3 Å². The number of tetrazole rings is 1. The first kappa shape index (κ1) is 26.8. The van der Waals surface area contributed by atoms with Gasteiger partial charge >= 0.3 is 5.97 Å². The average molecular weight is 571 g/mol. The third-order valence-corrected chi connectivity index (χ3v) is 8.11. The molecule has 4 rings (SSSR count). The molecule has 198 valence electrons. The van der Waals surface area contributed by atoms with E-state index in [-0.39, 0.29) is 28.1 Å². The Bertz CT molecular complexity index is 1250. The van der Waals surface area contributed by atoms with Crippen LogP contribution in [0, 0.1) is 0 Å². The van der Waals surface area contributed by atoms with Crippen LogP contribution in [0.15, 0.2) is 21.6 Å². The summed E-state index contributed by atoms with van der Waals surface area (Å²) in [5, 5.41) is 27.8. The van der Waals surface area contributed by atoms with E-state index in [0.717, 1.165) is 11.5 Å². The lowest BCUT2D eigenvalue weighted by molar-refractivity contribution is -0.150. The summed E-state index contributed by atoms with van der Waals surface area (Å²) in [6.45, 7) is 1.10. The molecule has 0 saturated carbocycles.